The first-order chi connectivity index (χ1) is 9.09. The third-order valence-corrected chi connectivity index (χ3v) is 3.96. The summed E-state index contributed by atoms with van der Waals surface area (Å²) in [5, 5.41) is 0. The Kier molecular flexibility index (Phi) is 8.67. The van der Waals surface area contributed by atoms with Gasteiger partial charge in [-0.2, -0.15) is 0 Å². The van der Waals surface area contributed by atoms with Gasteiger partial charge in [-0.1, -0.05) is 12.8 Å². The fourth-order valence-electron chi connectivity index (χ4n) is 2.61. The van der Waals surface area contributed by atoms with E-state index in [0.29, 0.717) is 12.1 Å². The van der Waals surface area contributed by atoms with Gasteiger partial charge in [0, 0.05) is 38.8 Å². The van der Waals surface area contributed by atoms with Crippen LogP contribution < -0.4 is 0 Å². The Morgan fingerprint density at radius 2 is 1.47 bits per heavy atom. The zero-order valence-corrected chi connectivity index (χ0v) is 13.5. The quantitative estimate of drug-likeness (QED) is 0.599. The van der Waals surface area contributed by atoms with Crippen LogP contribution in [0, 0.1) is 0 Å². The van der Waals surface area contributed by atoms with Crippen LogP contribution in [0.4, 0.5) is 0 Å². The number of hydrogen-bond acceptors (Lipinski definition) is 3. The lowest BCUT2D eigenvalue weighted by molar-refractivity contribution is 0.0752. The van der Waals surface area contributed by atoms with E-state index in [2.05, 4.69) is 37.5 Å². The van der Waals surface area contributed by atoms with Gasteiger partial charge in [0.15, 0.2) is 0 Å². The summed E-state index contributed by atoms with van der Waals surface area (Å²) >= 11 is 0. The molecule has 3 nitrogen and oxygen atoms in total. The van der Waals surface area contributed by atoms with Crippen LogP contribution in [0.3, 0.4) is 0 Å². The van der Waals surface area contributed by atoms with Crippen LogP contribution in [0.25, 0.3) is 0 Å². The highest BCUT2D eigenvalue weighted by atomic mass is 16.5. The molecule has 0 atom stereocenters. The highest BCUT2D eigenvalue weighted by molar-refractivity contribution is 4.73. The molecule has 0 radical (unpaired) electrons. The van der Waals surface area contributed by atoms with Gasteiger partial charge in [-0.3, -0.25) is 4.90 Å². The van der Waals surface area contributed by atoms with Gasteiger partial charge in [-0.15, -0.1) is 0 Å². The van der Waals surface area contributed by atoms with Gasteiger partial charge in [0.1, 0.15) is 0 Å². The lowest BCUT2D eigenvalue weighted by Crippen LogP contribution is -2.48. The predicted octanol–water partition coefficient (Wildman–Crippen LogP) is 3.00. The van der Waals surface area contributed by atoms with E-state index in [0.717, 1.165) is 6.61 Å². The Bertz CT molecular complexity index is 211. The van der Waals surface area contributed by atoms with Gasteiger partial charge in [-0.05, 0) is 47.1 Å². The SMILES string of the molecule is CC(C)OCCCCCCN1CCN(C(C)C)CC1. The Morgan fingerprint density at radius 3 is 2.05 bits per heavy atom. The number of unbranched alkanes of at least 4 members (excludes halogenated alkanes) is 3. The molecule has 1 rings (SSSR count). The summed E-state index contributed by atoms with van der Waals surface area (Å²) in [6.07, 6.45) is 5.63. The molecule has 0 unspecified atom stereocenters. The maximum absolute atomic E-state index is 5.56. The highest BCUT2D eigenvalue weighted by Crippen LogP contribution is 2.08. The number of rotatable bonds is 9. The fourth-order valence-corrected chi connectivity index (χ4v) is 2.61. The van der Waals surface area contributed by atoms with Crippen LogP contribution in [-0.4, -0.2) is 61.3 Å². The van der Waals surface area contributed by atoms with E-state index in [1.807, 2.05) is 0 Å². The van der Waals surface area contributed by atoms with Crippen LogP contribution in [0.15, 0.2) is 0 Å². The largest absolute Gasteiger partial charge is 0.379 e. The number of piperazine rings is 1. The molecular weight excluding hydrogens is 236 g/mol. The van der Waals surface area contributed by atoms with Gasteiger partial charge < -0.3 is 9.64 Å². The minimum absolute atomic E-state index is 0.386. The normalized spacial score (nSPS) is 18.6. The van der Waals surface area contributed by atoms with E-state index in [1.165, 1.54) is 58.4 Å². The van der Waals surface area contributed by atoms with Crippen molar-refractivity contribution in [1.82, 2.24) is 9.80 Å². The van der Waals surface area contributed by atoms with Crippen molar-refractivity contribution in [2.45, 2.75) is 65.5 Å². The standard InChI is InChI=1S/C16H34N2O/c1-15(2)18-12-10-17(11-13-18)9-7-5-6-8-14-19-16(3)4/h15-16H,5-14H2,1-4H3. The van der Waals surface area contributed by atoms with Crippen molar-refractivity contribution in [3.05, 3.63) is 0 Å². The van der Waals surface area contributed by atoms with Crippen molar-refractivity contribution in [3.63, 3.8) is 0 Å². The third kappa shape index (κ3) is 7.91. The minimum atomic E-state index is 0.386. The van der Waals surface area contributed by atoms with Crippen molar-refractivity contribution in [2.75, 3.05) is 39.3 Å². The average Bonchev–Trinajstić information content (AvgIpc) is 2.38. The first-order valence-electron chi connectivity index (χ1n) is 8.17. The molecule has 0 aromatic carbocycles. The lowest BCUT2D eigenvalue weighted by atomic mass is 10.2. The van der Waals surface area contributed by atoms with E-state index < -0.39 is 0 Å². The first-order valence-corrected chi connectivity index (χ1v) is 8.17. The van der Waals surface area contributed by atoms with Gasteiger partial charge >= 0.3 is 0 Å². The molecule has 1 heterocycles. The van der Waals surface area contributed by atoms with E-state index in [9.17, 15) is 0 Å². The van der Waals surface area contributed by atoms with Crippen LogP contribution >= 0.6 is 0 Å². The van der Waals surface area contributed by atoms with Crippen LogP contribution in [0.5, 0.6) is 0 Å². The van der Waals surface area contributed by atoms with E-state index in [-0.39, 0.29) is 0 Å². The van der Waals surface area contributed by atoms with Gasteiger partial charge in [0.25, 0.3) is 0 Å². The minimum Gasteiger partial charge on any atom is -0.379 e. The monoisotopic (exact) mass is 270 g/mol. The zero-order chi connectivity index (χ0) is 14.1. The van der Waals surface area contributed by atoms with Crippen LogP contribution in [-0.2, 0) is 4.74 Å². The summed E-state index contributed by atoms with van der Waals surface area (Å²) in [4.78, 5) is 5.21. The molecule has 0 aliphatic carbocycles. The number of ether oxygens (including phenoxy) is 1. The smallest absolute Gasteiger partial charge is 0.0518 e. The maximum atomic E-state index is 5.56. The number of nitrogens with zero attached hydrogens (tertiary/aromatic N) is 2. The molecule has 19 heavy (non-hydrogen) atoms. The van der Waals surface area contributed by atoms with Crippen LogP contribution in [0.1, 0.15) is 53.4 Å². The van der Waals surface area contributed by atoms with E-state index >= 15 is 0 Å². The second-order valence-corrected chi connectivity index (χ2v) is 6.31. The second kappa shape index (κ2) is 9.73. The molecule has 0 N–H and O–H groups in total. The fraction of sp³-hybridized carbons (Fsp3) is 1.00. The summed E-state index contributed by atoms with van der Waals surface area (Å²) in [5.74, 6) is 0. The van der Waals surface area contributed by atoms with Crippen molar-refractivity contribution < 1.29 is 4.74 Å². The highest BCUT2D eigenvalue weighted by Gasteiger charge is 2.17. The van der Waals surface area contributed by atoms with Gasteiger partial charge in [0.05, 0.1) is 6.10 Å². The molecule has 0 amide bonds. The Labute approximate surface area is 120 Å². The molecule has 3 heteroatoms. The van der Waals surface area contributed by atoms with E-state index in [1.54, 1.807) is 0 Å². The molecule has 1 fully saturated rings. The second-order valence-electron chi connectivity index (χ2n) is 6.31. The third-order valence-electron chi connectivity index (χ3n) is 3.96. The maximum Gasteiger partial charge on any atom is 0.0518 e. The molecule has 0 saturated carbocycles. The van der Waals surface area contributed by atoms with Crippen molar-refractivity contribution in [3.8, 4) is 0 Å². The van der Waals surface area contributed by atoms with E-state index in [4.69, 9.17) is 4.74 Å². The van der Waals surface area contributed by atoms with Gasteiger partial charge in [-0.25, -0.2) is 0 Å². The topological polar surface area (TPSA) is 15.7 Å². The average molecular weight is 270 g/mol. The van der Waals surface area contributed by atoms with Crippen molar-refractivity contribution >= 4 is 0 Å². The molecule has 1 saturated heterocycles. The van der Waals surface area contributed by atoms with Crippen LogP contribution in [0.2, 0.25) is 0 Å². The molecule has 0 spiro atoms. The summed E-state index contributed by atoms with van der Waals surface area (Å²) in [5.41, 5.74) is 0. The molecule has 1 aliphatic heterocycles. The summed E-state index contributed by atoms with van der Waals surface area (Å²) in [6.45, 7) is 16.1. The molecular formula is C16H34N2O. The summed E-state index contributed by atoms with van der Waals surface area (Å²) in [6, 6.07) is 0.711. The predicted molar refractivity (Wildman–Crippen MR) is 82.7 cm³/mol. The van der Waals surface area contributed by atoms with Gasteiger partial charge in [0.2, 0.25) is 0 Å². The summed E-state index contributed by atoms with van der Waals surface area (Å²) < 4.78 is 5.56. The molecule has 1 aliphatic rings. The Balaban J connectivity index is 1.91. The first kappa shape index (κ1) is 16.9. The molecule has 114 valence electrons. The zero-order valence-electron chi connectivity index (χ0n) is 13.5. The molecule has 0 aromatic heterocycles. The number of hydrogen-bond donors (Lipinski definition) is 0. The summed E-state index contributed by atoms with van der Waals surface area (Å²) in [7, 11) is 0. The Hall–Kier alpha value is -0.120. The lowest BCUT2D eigenvalue weighted by Gasteiger charge is -2.36. The van der Waals surface area contributed by atoms with Crippen molar-refractivity contribution in [2.24, 2.45) is 0 Å². The Morgan fingerprint density at radius 1 is 0.842 bits per heavy atom. The molecule has 0 bridgehead atoms. The molecule has 0 aromatic rings. The van der Waals surface area contributed by atoms with Crippen molar-refractivity contribution in [1.29, 1.82) is 0 Å².